The summed E-state index contributed by atoms with van der Waals surface area (Å²) < 4.78 is 0. The monoisotopic (exact) mass is 339 g/mol. The molecule has 0 aromatic heterocycles. The van der Waals surface area contributed by atoms with Gasteiger partial charge in [0.1, 0.15) is 12.6 Å². The molecule has 0 saturated heterocycles. The van der Waals surface area contributed by atoms with Gasteiger partial charge in [-0.1, -0.05) is 0 Å². The summed E-state index contributed by atoms with van der Waals surface area (Å²) in [6, 6.07) is -0.498. The lowest BCUT2D eigenvalue weighted by Crippen LogP contribution is -2.35. The molecule has 0 radical (unpaired) electrons. The Hall–Kier alpha value is -2.51. The molecule has 0 rings (SSSR count). The number of unbranched alkanes of at least 4 members (excludes halogenated alkanes) is 1. The van der Waals surface area contributed by atoms with Crippen molar-refractivity contribution < 1.29 is 24.0 Å². The fourth-order valence-electron chi connectivity index (χ4n) is 1.74. The second kappa shape index (κ2) is 13.0. The highest BCUT2D eigenvalue weighted by Gasteiger charge is 2.08. The molecule has 0 aliphatic heterocycles. The molecule has 0 aromatic carbocycles. The molecule has 24 heavy (non-hydrogen) atoms. The van der Waals surface area contributed by atoms with E-state index >= 15 is 0 Å². The second-order valence-electron chi connectivity index (χ2n) is 5.30. The van der Waals surface area contributed by atoms with Crippen molar-refractivity contribution in [3.8, 4) is 0 Å². The molecule has 0 saturated carbocycles. The molecule has 8 heteroatoms. The zero-order valence-corrected chi connectivity index (χ0v) is 14.1. The molecule has 2 N–H and O–H groups in total. The number of likely N-dealkylation sites (N-methyl/N-ethyl adjacent to an activating group) is 1. The number of amides is 3. The number of carbonyl (C=O) groups excluding carboxylic acids is 5. The first-order valence-corrected chi connectivity index (χ1v) is 7.79. The van der Waals surface area contributed by atoms with Crippen LogP contribution < -0.4 is 10.6 Å². The molecule has 0 unspecified atom stereocenters. The molecule has 0 spiro atoms. The molecule has 3 amide bonds. The molecule has 0 bridgehead atoms. The number of carbonyl (C=O) groups is 5. The summed E-state index contributed by atoms with van der Waals surface area (Å²) in [5, 5.41) is 5.20. The van der Waals surface area contributed by atoms with E-state index in [-0.39, 0.29) is 24.1 Å². The van der Waals surface area contributed by atoms with Crippen molar-refractivity contribution in [3.05, 3.63) is 12.2 Å². The summed E-state index contributed by atoms with van der Waals surface area (Å²) >= 11 is 0. The van der Waals surface area contributed by atoms with Gasteiger partial charge in [-0.05, 0) is 25.8 Å². The van der Waals surface area contributed by atoms with Gasteiger partial charge in [-0.25, -0.2) is 0 Å². The highest BCUT2D eigenvalue weighted by atomic mass is 16.2. The molecule has 1 atom stereocenters. The first kappa shape index (κ1) is 21.5. The van der Waals surface area contributed by atoms with Crippen LogP contribution in [0, 0.1) is 0 Å². The van der Waals surface area contributed by atoms with E-state index < -0.39 is 6.04 Å². The van der Waals surface area contributed by atoms with Crippen LogP contribution in [0.15, 0.2) is 12.2 Å². The first-order chi connectivity index (χ1) is 11.4. The number of allylic oxidation sites excluding steroid dienone is 1. The van der Waals surface area contributed by atoms with Gasteiger partial charge in [0.25, 0.3) is 0 Å². The van der Waals surface area contributed by atoms with Gasteiger partial charge in [-0.15, -0.1) is 0 Å². The number of aldehydes is 2. The van der Waals surface area contributed by atoms with Crippen molar-refractivity contribution >= 4 is 30.3 Å². The molecule has 0 heterocycles. The van der Waals surface area contributed by atoms with E-state index in [0.717, 1.165) is 12.2 Å². The molecule has 0 aliphatic carbocycles. The molecule has 0 fully saturated rings. The topological polar surface area (TPSA) is 113 Å². The van der Waals surface area contributed by atoms with Crippen molar-refractivity contribution in [2.75, 3.05) is 20.1 Å². The Labute approximate surface area is 141 Å². The summed E-state index contributed by atoms with van der Waals surface area (Å²) in [6.07, 6.45) is 5.13. The zero-order valence-electron chi connectivity index (χ0n) is 14.1. The average Bonchev–Trinajstić information content (AvgIpc) is 2.56. The summed E-state index contributed by atoms with van der Waals surface area (Å²) in [5.74, 6) is -0.675. The Morgan fingerprint density at radius 2 is 1.71 bits per heavy atom. The van der Waals surface area contributed by atoms with Gasteiger partial charge in [0.2, 0.25) is 17.7 Å². The van der Waals surface area contributed by atoms with Gasteiger partial charge < -0.3 is 20.3 Å². The maximum atomic E-state index is 11.6. The van der Waals surface area contributed by atoms with Crippen molar-refractivity contribution in [2.45, 2.75) is 38.6 Å². The van der Waals surface area contributed by atoms with Crippen LogP contribution >= 0.6 is 0 Å². The number of hydrogen-bond acceptors (Lipinski definition) is 5. The van der Waals surface area contributed by atoms with E-state index in [0.29, 0.717) is 44.9 Å². The fourth-order valence-corrected chi connectivity index (χ4v) is 1.74. The van der Waals surface area contributed by atoms with Crippen LogP contribution in [0.5, 0.6) is 0 Å². The van der Waals surface area contributed by atoms with E-state index in [4.69, 9.17) is 0 Å². The lowest BCUT2D eigenvalue weighted by Gasteiger charge is -2.15. The Bertz CT molecular complexity index is 476. The van der Waals surface area contributed by atoms with Crippen LogP contribution in [0.3, 0.4) is 0 Å². The third-order valence-corrected chi connectivity index (χ3v) is 3.11. The summed E-state index contributed by atoms with van der Waals surface area (Å²) in [7, 11) is 1.57. The smallest absolute Gasteiger partial charge is 0.246 e. The summed E-state index contributed by atoms with van der Waals surface area (Å²) in [4.78, 5) is 56.4. The normalized spacial score (nSPS) is 11.6. The van der Waals surface area contributed by atoms with Gasteiger partial charge >= 0.3 is 0 Å². The molecule has 134 valence electrons. The summed E-state index contributed by atoms with van der Waals surface area (Å²) in [6.45, 7) is 2.24. The first-order valence-electron chi connectivity index (χ1n) is 7.79. The van der Waals surface area contributed by atoms with Gasteiger partial charge in [-0.2, -0.15) is 0 Å². The van der Waals surface area contributed by atoms with Crippen LogP contribution in [0.1, 0.15) is 32.6 Å². The molecular weight excluding hydrogens is 314 g/mol. The highest BCUT2D eigenvalue weighted by molar-refractivity contribution is 5.90. The minimum absolute atomic E-state index is 0.152. The van der Waals surface area contributed by atoms with Crippen molar-refractivity contribution in [3.63, 3.8) is 0 Å². The van der Waals surface area contributed by atoms with Crippen LogP contribution in [-0.4, -0.2) is 61.4 Å². The van der Waals surface area contributed by atoms with Crippen molar-refractivity contribution in [1.82, 2.24) is 15.5 Å². The van der Waals surface area contributed by atoms with Gasteiger partial charge in [0.05, 0.1) is 6.04 Å². The van der Waals surface area contributed by atoms with E-state index in [1.54, 1.807) is 14.0 Å². The van der Waals surface area contributed by atoms with E-state index in [2.05, 4.69) is 10.6 Å². The predicted octanol–water partition coefficient (Wildman–Crippen LogP) is -0.420. The third-order valence-electron chi connectivity index (χ3n) is 3.11. The maximum Gasteiger partial charge on any atom is 0.246 e. The standard InChI is InChI=1S/C16H25N3O5/c1-13(12-21)18-15(23)7-4-3-6-14(22)17-9-10-19(2)16(24)8-5-11-20/h5,8,11-13H,3-4,6-7,9-10H2,1-2H3,(H,17,22)(H,18,23)/b8-5-/t13-/m0/s1. The molecule has 0 aliphatic rings. The van der Waals surface area contributed by atoms with Crippen LogP contribution in [-0.2, 0) is 24.0 Å². The average molecular weight is 339 g/mol. The van der Waals surface area contributed by atoms with E-state index in [1.807, 2.05) is 0 Å². The van der Waals surface area contributed by atoms with Crippen molar-refractivity contribution in [1.29, 1.82) is 0 Å². The third kappa shape index (κ3) is 11.1. The molecule has 8 nitrogen and oxygen atoms in total. The highest BCUT2D eigenvalue weighted by Crippen LogP contribution is 2.00. The lowest BCUT2D eigenvalue weighted by atomic mass is 10.1. The number of hydrogen-bond donors (Lipinski definition) is 2. The van der Waals surface area contributed by atoms with E-state index in [1.165, 1.54) is 4.90 Å². The van der Waals surface area contributed by atoms with Gasteiger partial charge in [0, 0.05) is 39.1 Å². The van der Waals surface area contributed by atoms with Crippen molar-refractivity contribution in [2.24, 2.45) is 0 Å². The molecular formula is C16H25N3O5. The maximum absolute atomic E-state index is 11.6. The van der Waals surface area contributed by atoms with Crippen LogP contribution in [0.4, 0.5) is 0 Å². The zero-order chi connectivity index (χ0) is 18.4. The van der Waals surface area contributed by atoms with Gasteiger partial charge in [-0.3, -0.25) is 19.2 Å². The second-order valence-corrected chi connectivity index (χ2v) is 5.30. The minimum atomic E-state index is -0.498. The number of nitrogens with one attached hydrogen (secondary N) is 2. The number of rotatable bonds is 12. The Morgan fingerprint density at radius 1 is 1.08 bits per heavy atom. The fraction of sp³-hybridized carbons (Fsp3) is 0.562. The van der Waals surface area contributed by atoms with Crippen LogP contribution in [0.2, 0.25) is 0 Å². The minimum Gasteiger partial charge on any atom is -0.354 e. The number of nitrogens with zero attached hydrogens (tertiary/aromatic N) is 1. The summed E-state index contributed by atoms with van der Waals surface area (Å²) in [5.41, 5.74) is 0. The molecule has 0 aromatic rings. The largest absolute Gasteiger partial charge is 0.354 e. The van der Waals surface area contributed by atoms with Crippen LogP contribution in [0.25, 0.3) is 0 Å². The Kier molecular flexibility index (Phi) is 11.6. The Balaban J connectivity index is 3.75. The SMILES string of the molecule is C[C@@H](C=O)NC(=O)CCCCC(=O)NCCN(C)C(=O)/C=C\C=O. The predicted molar refractivity (Wildman–Crippen MR) is 88.0 cm³/mol. The Morgan fingerprint density at radius 3 is 2.29 bits per heavy atom. The lowest BCUT2D eigenvalue weighted by molar-refractivity contribution is -0.126. The van der Waals surface area contributed by atoms with Gasteiger partial charge in [0.15, 0.2) is 0 Å². The van der Waals surface area contributed by atoms with E-state index in [9.17, 15) is 24.0 Å². The quantitative estimate of drug-likeness (QED) is 0.285.